The number of rotatable bonds is 4. The number of halogens is 5. The molecular formula is C15H13F5OS. The Hall–Kier alpha value is -2.02. The lowest BCUT2D eigenvalue weighted by molar-refractivity contribution is 0.364. The highest BCUT2D eigenvalue weighted by Crippen LogP contribution is 3.02. The van der Waals surface area contributed by atoms with Crippen molar-refractivity contribution in [3.63, 3.8) is 0 Å². The van der Waals surface area contributed by atoms with E-state index in [9.17, 15) is 19.4 Å². The third-order valence-electron chi connectivity index (χ3n) is 2.91. The van der Waals surface area contributed by atoms with Gasteiger partial charge < -0.3 is 4.74 Å². The average molecular weight is 336 g/mol. The van der Waals surface area contributed by atoms with Gasteiger partial charge in [-0.2, -0.15) is 0 Å². The predicted molar refractivity (Wildman–Crippen MR) is 79.8 cm³/mol. The molecule has 0 aliphatic rings. The Labute approximate surface area is 124 Å². The Morgan fingerprint density at radius 2 is 1.14 bits per heavy atom. The first-order chi connectivity index (χ1) is 9.97. The molecule has 0 bridgehead atoms. The van der Waals surface area contributed by atoms with E-state index in [1.165, 1.54) is 13.2 Å². The van der Waals surface area contributed by atoms with Gasteiger partial charge in [0.2, 0.25) is 0 Å². The van der Waals surface area contributed by atoms with E-state index >= 15 is 0 Å². The summed E-state index contributed by atoms with van der Waals surface area (Å²) >= 11 is 0. The fourth-order valence-electron chi connectivity index (χ4n) is 1.74. The molecule has 0 aliphatic carbocycles. The summed E-state index contributed by atoms with van der Waals surface area (Å²) in [7, 11) is -8.06. The summed E-state index contributed by atoms with van der Waals surface area (Å²) in [4.78, 5) is -1.89. The molecule has 0 saturated carbocycles. The zero-order chi connectivity index (χ0) is 16.5. The summed E-state index contributed by atoms with van der Waals surface area (Å²) in [6.07, 6.45) is 3.20. The summed E-state index contributed by atoms with van der Waals surface area (Å²) in [5, 5.41) is 0. The lowest BCUT2D eigenvalue weighted by atomic mass is 10.1. The molecule has 0 saturated heterocycles. The molecule has 0 heterocycles. The minimum absolute atomic E-state index is 0.390. The highest BCUT2D eigenvalue weighted by Gasteiger charge is 2.65. The van der Waals surface area contributed by atoms with Crippen molar-refractivity contribution in [2.45, 2.75) is 4.90 Å². The first kappa shape index (κ1) is 16.4. The Bertz CT molecular complexity index is 688. The van der Waals surface area contributed by atoms with Crippen molar-refractivity contribution in [2.24, 2.45) is 0 Å². The predicted octanol–water partition coefficient (Wildman–Crippen LogP) is 6.52. The first-order valence-corrected chi connectivity index (χ1v) is 8.09. The second-order valence-electron chi connectivity index (χ2n) is 4.64. The maximum absolute atomic E-state index is 12.6. The Balaban J connectivity index is 2.19. The maximum Gasteiger partial charge on any atom is 0.310 e. The first-order valence-electron chi connectivity index (χ1n) is 6.14. The smallest absolute Gasteiger partial charge is 0.310 e. The second kappa shape index (κ2) is 4.74. The summed E-state index contributed by atoms with van der Waals surface area (Å²) in [6.45, 7) is 0. The van der Waals surface area contributed by atoms with Crippen LogP contribution in [0.1, 0.15) is 11.1 Å². The molecule has 120 valence electrons. The standard InChI is InChI=1S/C15H13F5OS/c1-21-14-8-4-12(5-9-14)2-3-13-6-10-15(11-7-13)22(16,17,18,19)20/h2-11H,1H3/b3-2+. The molecule has 2 rings (SSSR count). The summed E-state index contributed by atoms with van der Waals surface area (Å²) < 4.78 is 67.9. The molecule has 0 unspecified atom stereocenters. The van der Waals surface area contributed by atoms with Gasteiger partial charge in [0.1, 0.15) is 10.6 Å². The molecule has 0 aliphatic heterocycles. The van der Waals surface area contributed by atoms with Crippen LogP contribution < -0.4 is 4.74 Å². The van der Waals surface area contributed by atoms with Crippen LogP contribution in [0.2, 0.25) is 0 Å². The topological polar surface area (TPSA) is 9.23 Å². The molecule has 2 aromatic rings. The molecule has 22 heavy (non-hydrogen) atoms. The zero-order valence-corrected chi connectivity index (χ0v) is 12.3. The fourth-order valence-corrected chi connectivity index (χ4v) is 2.39. The van der Waals surface area contributed by atoms with Gasteiger partial charge in [-0.15, -0.1) is 0 Å². The molecule has 0 N–H and O–H groups in total. The van der Waals surface area contributed by atoms with Crippen LogP contribution >= 0.6 is 10.2 Å². The Morgan fingerprint density at radius 3 is 1.50 bits per heavy atom. The molecule has 2 aromatic carbocycles. The molecule has 0 aromatic heterocycles. The molecule has 7 heteroatoms. The van der Waals surface area contributed by atoms with Crippen LogP contribution in [0.3, 0.4) is 0 Å². The van der Waals surface area contributed by atoms with Crippen LogP contribution in [0.15, 0.2) is 53.4 Å². The quantitative estimate of drug-likeness (QED) is 0.456. The van der Waals surface area contributed by atoms with Gasteiger partial charge in [-0.05, 0) is 35.4 Å². The minimum atomic E-state index is -9.60. The molecule has 0 spiro atoms. The highest BCUT2D eigenvalue weighted by atomic mass is 32.5. The van der Waals surface area contributed by atoms with E-state index < -0.39 is 15.1 Å². The van der Waals surface area contributed by atoms with E-state index in [0.29, 0.717) is 23.4 Å². The molecule has 0 atom stereocenters. The van der Waals surface area contributed by atoms with E-state index in [-0.39, 0.29) is 0 Å². The lowest BCUT2D eigenvalue weighted by Crippen LogP contribution is -2.05. The monoisotopic (exact) mass is 336 g/mol. The summed E-state index contributed by atoms with van der Waals surface area (Å²) in [6, 6.07) is 9.80. The van der Waals surface area contributed by atoms with Crippen molar-refractivity contribution in [1.29, 1.82) is 0 Å². The third-order valence-corrected chi connectivity index (χ3v) is 4.07. The van der Waals surface area contributed by atoms with Gasteiger partial charge in [0.05, 0.1) is 7.11 Å². The zero-order valence-electron chi connectivity index (χ0n) is 11.5. The van der Waals surface area contributed by atoms with E-state index in [1.807, 2.05) is 0 Å². The fraction of sp³-hybridized carbons (Fsp3) is 0.0667. The van der Waals surface area contributed by atoms with Crippen LogP contribution in [0, 0.1) is 0 Å². The van der Waals surface area contributed by atoms with Gasteiger partial charge >= 0.3 is 10.2 Å². The van der Waals surface area contributed by atoms with Gasteiger partial charge in [0.25, 0.3) is 0 Å². The number of benzene rings is 2. The summed E-state index contributed by atoms with van der Waals surface area (Å²) in [5.41, 5.74) is 1.19. The molecule has 1 nitrogen and oxygen atoms in total. The van der Waals surface area contributed by atoms with Crippen LogP contribution in [-0.4, -0.2) is 7.11 Å². The molecule has 0 amide bonds. The van der Waals surface area contributed by atoms with Crippen molar-refractivity contribution < 1.29 is 24.2 Å². The molecule has 0 radical (unpaired) electrons. The molecule has 0 fully saturated rings. The number of hydrogen-bond acceptors (Lipinski definition) is 1. The minimum Gasteiger partial charge on any atom is -0.497 e. The van der Waals surface area contributed by atoms with Gasteiger partial charge in [0.15, 0.2) is 0 Å². The summed E-state index contributed by atoms with van der Waals surface area (Å²) in [5.74, 6) is 0.678. The third kappa shape index (κ3) is 4.24. The molecular weight excluding hydrogens is 323 g/mol. The normalized spacial score (nSPS) is 15.4. The number of hydrogen-bond donors (Lipinski definition) is 0. The Kier molecular flexibility index (Phi) is 3.52. The van der Waals surface area contributed by atoms with Crippen molar-refractivity contribution in [3.8, 4) is 5.75 Å². The van der Waals surface area contributed by atoms with Crippen molar-refractivity contribution in [3.05, 3.63) is 59.7 Å². The second-order valence-corrected chi connectivity index (χ2v) is 7.05. The van der Waals surface area contributed by atoms with Crippen LogP contribution in [0.4, 0.5) is 19.4 Å². The van der Waals surface area contributed by atoms with Crippen LogP contribution in [0.25, 0.3) is 12.2 Å². The van der Waals surface area contributed by atoms with Crippen molar-refractivity contribution in [1.82, 2.24) is 0 Å². The maximum atomic E-state index is 12.6. The highest BCUT2D eigenvalue weighted by molar-refractivity contribution is 8.45. The van der Waals surface area contributed by atoms with E-state index in [4.69, 9.17) is 4.74 Å². The van der Waals surface area contributed by atoms with E-state index in [2.05, 4.69) is 0 Å². The van der Waals surface area contributed by atoms with Crippen LogP contribution in [0.5, 0.6) is 5.75 Å². The largest absolute Gasteiger partial charge is 0.497 e. The van der Waals surface area contributed by atoms with Gasteiger partial charge in [-0.3, -0.25) is 0 Å². The average Bonchev–Trinajstić information content (AvgIpc) is 2.44. The number of ether oxygens (including phenoxy) is 1. The van der Waals surface area contributed by atoms with Crippen LogP contribution in [-0.2, 0) is 0 Å². The van der Waals surface area contributed by atoms with Crippen molar-refractivity contribution in [2.75, 3.05) is 7.11 Å². The van der Waals surface area contributed by atoms with E-state index in [0.717, 1.165) is 17.7 Å². The van der Waals surface area contributed by atoms with Crippen molar-refractivity contribution >= 4 is 22.4 Å². The van der Waals surface area contributed by atoms with Gasteiger partial charge in [-0.25, -0.2) is 0 Å². The number of methoxy groups -OCH3 is 1. The van der Waals surface area contributed by atoms with Gasteiger partial charge in [-0.1, -0.05) is 55.8 Å². The lowest BCUT2D eigenvalue weighted by Gasteiger charge is -2.40. The SMILES string of the molecule is COc1ccc(/C=C/c2ccc(S(F)(F)(F)(F)F)cc2)cc1. The van der Waals surface area contributed by atoms with Gasteiger partial charge in [0, 0.05) is 0 Å². The Morgan fingerprint density at radius 1 is 0.727 bits per heavy atom. The van der Waals surface area contributed by atoms with E-state index in [1.54, 1.807) is 30.3 Å².